The van der Waals surface area contributed by atoms with E-state index in [1.807, 2.05) is 37.5 Å². The number of hydrogen-bond donors (Lipinski definition) is 1. The quantitative estimate of drug-likeness (QED) is 0.766. The van der Waals surface area contributed by atoms with Crippen LogP contribution in [-0.2, 0) is 7.05 Å². The maximum Gasteiger partial charge on any atom is 0.0770 e. The van der Waals surface area contributed by atoms with Crippen LogP contribution in [0.25, 0.3) is 10.9 Å². The second-order valence-electron chi connectivity index (χ2n) is 4.05. The molecule has 0 radical (unpaired) electrons. The molecule has 2 aromatic heterocycles. The second-order valence-corrected chi connectivity index (χ2v) is 4.48. The van der Waals surface area contributed by atoms with E-state index < -0.39 is 0 Å². The van der Waals surface area contributed by atoms with Gasteiger partial charge in [0.1, 0.15) is 0 Å². The Morgan fingerprint density at radius 3 is 2.94 bits per heavy atom. The molecule has 3 rings (SSSR count). The van der Waals surface area contributed by atoms with Crippen LogP contribution in [0, 0.1) is 0 Å². The molecule has 0 saturated heterocycles. The summed E-state index contributed by atoms with van der Waals surface area (Å²) in [7, 11) is 1.88. The molecule has 3 aromatic rings. The van der Waals surface area contributed by atoms with E-state index in [1.165, 1.54) is 0 Å². The van der Waals surface area contributed by atoms with Gasteiger partial charge in [0.2, 0.25) is 0 Å². The summed E-state index contributed by atoms with van der Waals surface area (Å²) in [6.07, 6.45) is 5.46. The van der Waals surface area contributed by atoms with Crippen LogP contribution >= 0.6 is 11.6 Å². The number of hydrogen-bond acceptors (Lipinski definition) is 3. The second kappa shape index (κ2) is 4.31. The molecule has 0 aliphatic carbocycles. The van der Waals surface area contributed by atoms with Gasteiger partial charge in [-0.2, -0.15) is 5.10 Å². The molecule has 0 unspecified atom stereocenters. The molecule has 2 heterocycles. The molecule has 1 N–H and O–H groups in total. The largest absolute Gasteiger partial charge is 0.352 e. The normalized spacial score (nSPS) is 10.8. The molecule has 0 aliphatic heterocycles. The zero-order valence-corrected chi connectivity index (χ0v) is 10.5. The summed E-state index contributed by atoms with van der Waals surface area (Å²) in [5.74, 6) is 0. The molecule has 0 aliphatic rings. The van der Waals surface area contributed by atoms with Gasteiger partial charge in [0, 0.05) is 35.5 Å². The molecular weight excluding hydrogens is 248 g/mol. The SMILES string of the molecule is Cn1cc(Nc2ccnc3cc(Cl)ccc23)cn1. The molecule has 0 fully saturated rings. The van der Waals surface area contributed by atoms with E-state index in [9.17, 15) is 0 Å². The molecule has 1 aromatic carbocycles. The Hall–Kier alpha value is -2.07. The highest BCUT2D eigenvalue weighted by atomic mass is 35.5. The number of benzene rings is 1. The summed E-state index contributed by atoms with van der Waals surface area (Å²) >= 11 is 5.96. The molecule has 4 nitrogen and oxygen atoms in total. The fraction of sp³-hybridized carbons (Fsp3) is 0.0769. The molecule has 0 spiro atoms. The lowest BCUT2D eigenvalue weighted by atomic mass is 10.2. The van der Waals surface area contributed by atoms with Gasteiger partial charge in [-0.1, -0.05) is 11.6 Å². The zero-order chi connectivity index (χ0) is 12.5. The van der Waals surface area contributed by atoms with Crippen molar-refractivity contribution in [2.24, 2.45) is 7.05 Å². The van der Waals surface area contributed by atoms with Crippen LogP contribution in [0.1, 0.15) is 0 Å². The summed E-state index contributed by atoms with van der Waals surface area (Å²) in [4.78, 5) is 4.30. The van der Waals surface area contributed by atoms with E-state index in [0.717, 1.165) is 22.3 Å². The topological polar surface area (TPSA) is 42.7 Å². The average molecular weight is 259 g/mol. The molecule has 0 saturated carbocycles. The van der Waals surface area contributed by atoms with Gasteiger partial charge in [-0.05, 0) is 24.3 Å². The average Bonchev–Trinajstić information content (AvgIpc) is 2.75. The fourth-order valence-corrected chi connectivity index (χ4v) is 2.04. The Labute approximate surface area is 109 Å². The van der Waals surface area contributed by atoms with Crippen molar-refractivity contribution in [1.29, 1.82) is 0 Å². The number of anilines is 2. The van der Waals surface area contributed by atoms with Crippen LogP contribution in [0.2, 0.25) is 5.02 Å². The van der Waals surface area contributed by atoms with Gasteiger partial charge in [-0.15, -0.1) is 0 Å². The van der Waals surface area contributed by atoms with E-state index in [-0.39, 0.29) is 0 Å². The van der Waals surface area contributed by atoms with Crippen molar-refractivity contribution in [3.63, 3.8) is 0 Å². The number of pyridine rings is 1. The molecule has 18 heavy (non-hydrogen) atoms. The lowest BCUT2D eigenvalue weighted by Crippen LogP contribution is -1.91. The van der Waals surface area contributed by atoms with Gasteiger partial charge in [-0.25, -0.2) is 0 Å². The number of nitrogens with zero attached hydrogens (tertiary/aromatic N) is 3. The number of aromatic nitrogens is 3. The standard InChI is InChI=1S/C13H11ClN4/c1-18-8-10(7-16-18)17-12-4-5-15-13-6-9(14)2-3-11(12)13/h2-8H,1H3,(H,15,17). The molecule has 5 heteroatoms. The minimum absolute atomic E-state index is 0.688. The van der Waals surface area contributed by atoms with Crippen molar-refractivity contribution >= 4 is 33.9 Å². The predicted molar refractivity (Wildman–Crippen MR) is 73.2 cm³/mol. The molecule has 0 bridgehead atoms. The first-order valence-electron chi connectivity index (χ1n) is 5.52. The highest BCUT2D eigenvalue weighted by Gasteiger charge is 2.04. The first-order chi connectivity index (χ1) is 8.72. The number of fused-ring (bicyclic) bond motifs is 1. The fourth-order valence-electron chi connectivity index (χ4n) is 1.87. The molecule has 90 valence electrons. The number of halogens is 1. The third-order valence-electron chi connectivity index (χ3n) is 2.69. The summed E-state index contributed by atoms with van der Waals surface area (Å²) in [5.41, 5.74) is 2.81. The van der Waals surface area contributed by atoms with Crippen LogP contribution in [0.5, 0.6) is 0 Å². The van der Waals surface area contributed by atoms with Crippen LogP contribution < -0.4 is 5.32 Å². The third kappa shape index (κ3) is 2.02. The van der Waals surface area contributed by atoms with Gasteiger partial charge < -0.3 is 5.32 Å². The molecule has 0 atom stereocenters. The van der Waals surface area contributed by atoms with Crippen molar-refractivity contribution in [3.8, 4) is 0 Å². The van der Waals surface area contributed by atoms with Gasteiger partial charge in [0.15, 0.2) is 0 Å². The van der Waals surface area contributed by atoms with E-state index in [4.69, 9.17) is 11.6 Å². The molecular formula is C13H11ClN4. The van der Waals surface area contributed by atoms with Crippen molar-refractivity contribution in [2.75, 3.05) is 5.32 Å². The van der Waals surface area contributed by atoms with Crippen LogP contribution in [0.15, 0.2) is 42.9 Å². The van der Waals surface area contributed by atoms with Gasteiger partial charge in [0.25, 0.3) is 0 Å². The number of rotatable bonds is 2. The van der Waals surface area contributed by atoms with Crippen LogP contribution in [0.4, 0.5) is 11.4 Å². The summed E-state index contributed by atoms with van der Waals surface area (Å²) in [6, 6.07) is 7.61. The van der Waals surface area contributed by atoms with E-state index in [0.29, 0.717) is 5.02 Å². The Balaban J connectivity index is 2.06. The lowest BCUT2D eigenvalue weighted by Gasteiger charge is -2.07. The van der Waals surface area contributed by atoms with Gasteiger partial charge in [-0.3, -0.25) is 9.67 Å². The maximum atomic E-state index is 5.96. The Morgan fingerprint density at radius 2 is 2.17 bits per heavy atom. The van der Waals surface area contributed by atoms with Crippen LogP contribution in [-0.4, -0.2) is 14.8 Å². The number of aryl methyl sites for hydroxylation is 1. The molecule has 0 amide bonds. The minimum atomic E-state index is 0.688. The van der Waals surface area contributed by atoms with Gasteiger partial charge in [0.05, 0.1) is 17.4 Å². The van der Waals surface area contributed by atoms with Gasteiger partial charge >= 0.3 is 0 Å². The lowest BCUT2D eigenvalue weighted by molar-refractivity contribution is 0.768. The van der Waals surface area contributed by atoms with E-state index in [1.54, 1.807) is 17.1 Å². The predicted octanol–water partition coefficient (Wildman–Crippen LogP) is 3.37. The highest BCUT2D eigenvalue weighted by molar-refractivity contribution is 6.31. The third-order valence-corrected chi connectivity index (χ3v) is 2.92. The van der Waals surface area contributed by atoms with Crippen molar-refractivity contribution in [1.82, 2.24) is 14.8 Å². The zero-order valence-electron chi connectivity index (χ0n) is 9.76. The van der Waals surface area contributed by atoms with E-state index in [2.05, 4.69) is 15.4 Å². The summed E-state index contributed by atoms with van der Waals surface area (Å²) in [5, 5.41) is 9.17. The van der Waals surface area contributed by atoms with Crippen LogP contribution in [0.3, 0.4) is 0 Å². The Kier molecular flexibility index (Phi) is 2.64. The minimum Gasteiger partial charge on any atom is -0.352 e. The maximum absolute atomic E-state index is 5.96. The van der Waals surface area contributed by atoms with E-state index >= 15 is 0 Å². The summed E-state index contributed by atoms with van der Waals surface area (Å²) in [6.45, 7) is 0. The van der Waals surface area contributed by atoms with Crippen molar-refractivity contribution < 1.29 is 0 Å². The summed E-state index contributed by atoms with van der Waals surface area (Å²) < 4.78 is 1.75. The Morgan fingerprint density at radius 1 is 1.28 bits per heavy atom. The smallest absolute Gasteiger partial charge is 0.0770 e. The Bertz CT molecular complexity index is 705. The highest BCUT2D eigenvalue weighted by Crippen LogP contribution is 2.26. The first-order valence-corrected chi connectivity index (χ1v) is 5.90. The number of nitrogens with one attached hydrogen (secondary N) is 1. The first kappa shape index (κ1) is 11.0. The van der Waals surface area contributed by atoms with Crippen molar-refractivity contribution in [3.05, 3.63) is 47.9 Å². The monoisotopic (exact) mass is 258 g/mol. The van der Waals surface area contributed by atoms with Crippen molar-refractivity contribution in [2.45, 2.75) is 0 Å².